The molecule has 0 bridgehead atoms. The van der Waals surface area contributed by atoms with E-state index < -0.39 is 0 Å². The normalized spacial score (nSPS) is 13.5. The Morgan fingerprint density at radius 2 is 1.85 bits per heavy atom. The molecule has 2 aromatic carbocycles. The highest BCUT2D eigenvalue weighted by Gasteiger charge is 2.19. The Hall–Kier alpha value is -2.73. The maximum atomic E-state index is 12.4. The molecule has 0 aliphatic carbocycles. The minimum absolute atomic E-state index is 0.0201. The van der Waals surface area contributed by atoms with Gasteiger partial charge in [0.2, 0.25) is 12.7 Å². The molecule has 0 spiro atoms. The van der Waals surface area contributed by atoms with Gasteiger partial charge in [0.25, 0.3) is 0 Å². The molecule has 27 heavy (non-hydrogen) atoms. The third kappa shape index (κ3) is 4.92. The number of nitrogens with zero attached hydrogens (tertiary/aromatic N) is 1. The van der Waals surface area contributed by atoms with Crippen molar-refractivity contribution in [3.63, 3.8) is 0 Å². The summed E-state index contributed by atoms with van der Waals surface area (Å²) in [6.07, 6.45) is 0.786. The highest BCUT2D eigenvalue weighted by atomic mass is 16.7. The second-order valence-corrected chi connectivity index (χ2v) is 6.67. The predicted octanol–water partition coefficient (Wildman–Crippen LogP) is 2.60. The Morgan fingerprint density at radius 1 is 1.15 bits per heavy atom. The van der Waals surface area contributed by atoms with Gasteiger partial charge in [-0.15, -0.1) is 0 Å². The number of carbonyl (C=O) groups is 1. The lowest BCUT2D eigenvalue weighted by Crippen LogP contribution is -2.43. The van der Waals surface area contributed by atoms with Gasteiger partial charge in [0.05, 0.1) is 13.2 Å². The quantitative estimate of drug-likeness (QED) is 0.774. The van der Waals surface area contributed by atoms with Crippen LogP contribution in [0.4, 0.5) is 0 Å². The highest BCUT2D eigenvalue weighted by Crippen LogP contribution is 2.32. The molecule has 0 saturated heterocycles. The van der Waals surface area contributed by atoms with Crippen LogP contribution in [0, 0.1) is 0 Å². The molecular formula is C21H26N2O4. The van der Waals surface area contributed by atoms with Gasteiger partial charge in [-0.2, -0.15) is 0 Å². The predicted molar refractivity (Wildman–Crippen MR) is 103 cm³/mol. The van der Waals surface area contributed by atoms with Crippen molar-refractivity contribution in [2.24, 2.45) is 0 Å². The molecule has 6 heteroatoms. The number of benzene rings is 2. The zero-order valence-corrected chi connectivity index (χ0v) is 16.0. The second-order valence-electron chi connectivity index (χ2n) is 6.67. The number of amides is 1. The third-order valence-electron chi connectivity index (χ3n) is 4.78. The van der Waals surface area contributed by atoms with Crippen LogP contribution in [0.1, 0.15) is 18.1 Å². The fraction of sp³-hybridized carbons (Fsp3) is 0.381. The van der Waals surface area contributed by atoms with E-state index in [2.05, 4.69) is 5.32 Å². The first-order valence-corrected chi connectivity index (χ1v) is 9.06. The topological polar surface area (TPSA) is 60.0 Å². The van der Waals surface area contributed by atoms with Gasteiger partial charge >= 0.3 is 0 Å². The molecule has 0 saturated carbocycles. The van der Waals surface area contributed by atoms with Crippen LogP contribution in [0.15, 0.2) is 42.5 Å². The van der Waals surface area contributed by atoms with Crippen molar-refractivity contribution < 1.29 is 19.0 Å². The summed E-state index contributed by atoms with van der Waals surface area (Å²) in [6.45, 7) is 3.44. The van der Waals surface area contributed by atoms with Gasteiger partial charge in [0.15, 0.2) is 11.5 Å². The number of hydrogen-bond donors (Lipinski definition) is 1. The number of nitrogens with one attached hydrogen (secondary N) is 1. The van der Waals surface area contributed by atoms with E-state index in [4.69, 9.17) is 14.2 Å². The van der Waals surface area contributed by atoms with Crippen molar-refractivity contribution >= 4 is 5.91 Å². The van der Waals surface area contributed by atoms with Gasteiger partial charge < -0.3 is 19.5 Å². The fourth-order valence-electron chi connectivity index (χ4n) is 2.93. The lowest BCUT2D eigenvalue weighted by molar-refractivity contribution is -0.125. The summed E-state index contributed by atoms with van der Waals surface area (Å²) >= 11 is 0. The highest BCUT2D eigenvalue weighted by molar-refractivity contribution is 5.81. The monoisotopic (exact) mass is 370 g/mol. The summed E-state index contributed by atoms with van der Waals surface area (Å²) < 4.78 is 15.9. The zero-order valence-electron chi connectivity index (χ0n) is 16.0. The van der Waals surface area contributed by atoms with Gasteiger partial charge in [0.1, 0.15) is 5.75 Å². The van der Waals surface area contributed by atoms with Crippen LogP contribution in [0.5, 0.6) is 17.2 Å². The van der Waals surface area contributed by atoms with Crippen LogP contribution in [-0.2, 0) is 17.8 Å². The van der Waals surface area contributed by atoms with Crippen molar-refractivity contribution in [1.82, 2.24) is 10.2 Å². The number of hydrogen-bond acceptors (Lipinski definition) is 5. The van der Waals surface area contributed by atoms with Gasteiger partial charge in [-0.25, -0.2) is 0 Å². The average Bonchev–Trinajstić information content (AvgIpc) is 3.15. The van der Waals surface area contributed by atoms with Gasteiger partial charge in [-0.3, -0.25) is 9.69 Å². The van der Waals surface area contributed by atoms with Crippen LogP contribution < -0.4 is 19.5 Å². The number of ether oxygens (including phenoxy) is 3. The van der Waals surface area contributed by atoms with Crippen LogP contribution in [0.3, 0.4) is 0 Å². The first-order chi connectivity index (χ1) is 13.1. The Balaban J connectivity index is 1.46. The van der Waals surface area contributed by atoms with Gasteiger partial charge in [-0.1, -0.05) is 18.2 Å². The minimum Gasteiger partial charge on any atom is -0.497 e. The molecule has 1 aliphatic heterocycles. The molecule has 0 aromatic heterocycles. The maximum Gasteiger partial charge on any atom is 0.237 e. The van der Waals surface area contributed by atoms with E-state index in [9.17, 15) is 4.79 Å². The minimum atomic E-state index is -0.230. The molecule has 3 rings (SSSR count). The average molecular weight is 370 g/mol. The molecule has 1 aliphatic rings. The third-order valence-corrected chi connectivity index (χ3v) is 4.78. The molecule has 0 fully saturated rings. The van der Waals surface area contributed by atoms with Gasteiger partial charge in [-0.05, 0) is 55.8 Å². The van der Waals surface area contributed by atoms with Crippen LogP contribution in [0.2, 0.25) is 0 Å². The molecule has 1 heterocycles. The van der Waals surface area contributed by atoms with E-state index in [1.54, 1.807) is 7.11 Å². The van der Waals surface area contributed by atoms with E-state index in [1.807, 2.05) is 61.3 Å². The largest absolute Gasteiger partial charge is 0.497 e. The lowest BCUT2D eigenvalue weighted by atomic mass is 10.1. The standard InChI is InChI=1S/C21H26N2O4/c1-15(21(24)22-11-10-16-4-7-18(25-3)8-5-16)23(2)13-17-6-9-19-20(12-17)27-14-26-19/h4-9,12,15H,10-11,13-14H2,1-3H3,(H,22,24). The van der Waals surface area contributed by atoms with E-state index in [0.717, 1.165) is 34.8 Å². The summed E-state index contributed by atoms with van der Waals surface area (Å²) in [5.74, 6) is 2.39. The number of likely N-dealkylation sites (N-methyl/N-ethyl adjacent to an activating group) is 1. The number of carbonyl (C=O) groups excluding carboxylic acids is 1. The zero-order chi connectivity index (χ0) is 19.2. The molecule has 6 nitrogen and oxygen atoms in total. The second kappa shape index (κ2) is 8.77. The Bertz CT molecular complexity index is 776. The van der Waals surface area contributed by atoms with Gasteiger partial charge in [0, 0.05) is 13.1 Å². The van der Waals surface area contributed by atoms with E-state index in [0.29, 0.717) is 13.1 Å². The van der Waals surface area contributed by atoms with Crippen molar-refractivity contribution in [3.8, 4) is 17.2 Å². The Labute approximate surface area is 160 Å². The SMILES string of the molecule is COc1ccc(CCNC(=O)C(C)N(C)Cc2ccc3c(c2)OCO3)cc1. The fourth-order valence-corrected chi connectivity index (χ4v) is 2.93. The molecule has 1 atom stereocenters. The number of methoxy groups -OCH3 is 1. The van der Waals surface area contributed by atoms with Crippen LogP contribution >= 0.6 is 0 Å². The number of rotatable bonds is 8. The maximum absolute atomic E-state index is 12.4. The van der Waals surface area contributed by atoms with Crippen LogP contribution in [-0.4, -0.2) is 44.3 Å². The summed E-state index contributed by atoms with van der Waals surface area (Å²) in [7, 11) is 3.59. The van der Waals surface area contributed by atoms with E-state index in [-0.39, 0.29) is 18.7 Å². The Morgan fingerprint density at radius 3 is 2.59 bits per heavy atom. The molecule has 144 valence electrons. The smallest absolute Gasteiger partial charge is 0.237 e. The molecule has 1 amide bonds. The molecule has 1 N–H and O–H groups in total. The molecular weight excluding hydrogens is 344 g/mol. The molecule has 2 aromatic rings. The molecule has 0 radical (unpaired) electrons. The van der Waals surface area contributed by atoms with Crippen molar-refractivity contribution in [3.05, 3.63) is 53.6 Å². The van der Waals surface area contributed by atoms with Crippen molar-refractivity contribution in [2.75, 3.05) is 27.5 Å². The summed E-state index contributed by atoms with van der Waals surface area (Å²) in [5.41, 5.74) is 2.25. The van der Waals surface area contributed by atoms with Crippen LogP contribution in [0.25, 0.3) is 0 Å². The van der Waals surface area contributed by atoms with E-state index >= 15 is 0 Å². The van der Waals surface area contributed by atoms with Crippen molar-refractivity contribution in [1.29, 1.82) is 0 Å². The first-order valence-electron chi connectivity index (χ1n) is 9.06. The Kier molecular flexibility index (Phi) is 6.19. The summed E-state index contributed by atoms with van der Waals surface area (Å²) in [4.78, 5) is 14.4. The lowest BCUT2D eigenvalue weighted by Gasteiger charge is -2.24. The number of fused-ring (bicyclic) bond motifs is 1. The summed E-state index contributed by atoms with van der Waals surface area (Å²) in [5, 5.41) is 3.01. The van der Waals surface area contributed by atoms with E-state index in [1.165, 1.54) is 0 Å². The molecule has 1 unspecified atom stereocenters. The van der Waals surface area contributed by atoms with Crippen molar-refractivity contribution in [2.45, 2.75) is 25.9 Å². The summed E-state index contributed by atoms with van der Waals surface area (Å²) in [6, 6.07) is 13.5. The first kappa shape index (κ1) is 19.0.